The van der Waals surface area contributed by atoms with Crippen molar-refractivity contribution in [3.8, 4) is 0 Å². The minimum atomic E-state index is -3.32. The Morgan fingerprint density at radius 3 is 2.05 bits per heavy atom. The lowest BCUT2D eigenvalue weighted by molar-refractivity contribution is 0.126. The molecule has 0 aliphatic heterocycles. The van der Waals surface area contributed by atoms with E-state index in [-0.39, 0.29) is 5.54 Å². The summed E-state index contributed by atoms with van der Waals surface area (Å²) in [6.45, 7) is 7.87. The highest BCUT2D eigenvalue weighted by Gasteiger charge is 2.46. The first-order chi connectivity index (χ1) is 8.60. The summed E-state index contributed by atoms with van der Waals surface area (Å²) in [7, 11) is -1.61. The second kappa shape index (κ2) is 5.70. The van der Waals surface area contributed by atoms with E-state index in [0.717, 1.165) is 31.6 Å². The third kappa shape index (κ3) is 3.14. The number of likely N-dealkylation sites (N-methyl/N-ethyl adjacent to an activating group) is 1. The molecule has 4 nitrogen and oxygen atoms in total. The molecule has 2 N–H and O–H groups in total. The zero-order chi connectivity index (χ0) is 14.9. The van der Waals surface area contributed by atoms with Gasteiger partial charge in [-0.05, 0) is 52.4 Å². The molecule has 0 atom stereocenters. The topological polar surface area (TPSA) is 63.4 Å². The van der Waals surface area contributed by atoms with E-state index in [9.17, 15) is 8.42 Å². The Kier molecular flexibility index (Phi) is 5.08. The van der Waals surface area contributed by atoms with Gasteiger partial charge in [0, 0.05) is 19.1 Å². The zero-order valence-electron chi connectivity index (χ0n) is 13.1. The Balaban J connectivity index is 2.99. The van der Waals surface area contributed by atoms with E-state index in [1.54, 1.807) is 32.1 Å². The van der Waals surface area contributed by atoms with Crippen LogP contribution in [0.15, 0.2) is 0 Å². The van der Waals surface area contributed by atoms with Crippen LogP contribution >= 0.6 is 0 Å². The van der Waals surface area contributed by atoms with Crippen LogP contribution in [0.25, 0.3) is 0 Å². The largest absolute Gasteiger partial charge is 0.329 e. The van der Waals surface area contributed by atoms with Crippen LogP contribution in [0.3, 0.4) is 0 Å². The maximum Gasteiger partial charge on any atom is 0.219 e. The molecule has 0 spiro atoms. The number of hydrogen-bond donors (Lipinski definition) is 1. The summed E-state index contributed by atoms with van der Waals surface area (Å²) in [5, 5.41) is 0. The second-order valence-electron chi connectivity index (χ2n) is 6.86. The van der Waals surface area contributed by atoms with Gasteiger partial charge in [0.1, 0.15) is 0 Å². The molecule has 1 aliphatic carbocycles. The van der Waals surface area contributed by atoms with Crippen molar-refractivity contribution in [3.63, 3.8) is 0 Å². The number of rotatable bonds is 4. The predicted octanol–water partition coefficient (Wildman–Crippen LogP) is 2.34. The quantitative estimate of drug-likeness (QED) is 0.864. The summed E-state index contributed by atoms with van der Waals surface area (Å²) in [6.07, 6.45) is 5.10. The molecule has 0 aromatic carbocycles. The smallest absolute Gasteiger partial charge is 0.219 e. The molecule has 0 bridgehead atoms. The molecule has 5 heteroatoms. The van der Waals surface area contributed by atoms with E-state index in [4.69, 9.17) is 5.73 Å². The van der Waals surface area contributed by atoms with Crippen LogP contribution in [0.1, 0.15) is 59.8 Å². The number of sulfonamides is 1. The molecule has 1 aliphatic rings. The first-order valence-corrected chi connectivity index (χ1v) is 8.73. The van der Waals surface area contributed by atoms with Crippen LogP contribution in [0, 0.1) is 5.92 Å². The van der Waals surface area contributed by atoms with Gasteiger partial charge in [0.05, 0.1) is 4.75 Å². The van der Waals surface area contributed by atoms with Crippen LogP contribution in [0.2, 0.25) is 0 Å². The van der Waals surface area contributed by atoms with Crippen LogP contribution in [0.4, 0.5) is 0 Å². The molecule has 0 aromatic heterocycles. The fourth-order valence-electron chi connectivity index (χ4n) is 2.94. The second-order valence-corrected chi connectivity index (χ2v) is 9.59. The minimum absolute atomic E-state index is 0.377. The molecule has 1 saturated carbocycles. The fourth-order valence-corrected chi connectivity index (χ4v) is 4.53. The van der Waals surface area contributed by atoms with Crippen LogP contribution in [0.5, 0.6) is 0 Å². The molecule has 0 saturated heterocycles. The van der Waals surface area contributed by atoms with Gasteiger partial charge in [-0.15, -0.1) is 0 Å². The maximum absolute atomic E-state index is 12.6. The van der Waals surface area contributed by atoms with Crippen molar-refractivity contribution in [1.29, 1.82) is 0 Å². The Bertz CT molecular complexity index is 390. The standard InChI is InChI=1S/C14H30N2O2S/c1-6-12-7-9-14(11-15,10-8-12)16(5)19(17,18)13(2,3)4/h12H,6-11,15H2,1-5H3. The zero-order valence-corrected chi connectivity index (χ0v) is 13.9. The SMILES string of the molecule is CCC1CCC(CN)(N(C)S(=O)(=O)C(C)(C)C)CC1. The van der Waals surface area contributed by atoms with Gasteiger partial charge in [-0.1, -0.05) is 13.3 Å². The molecule has 0 aromatic rings. The summed E-state index contributed by atoms with van der Waals surface area (Å²) >= 11 is 0. The van der Waals surface area contributed by atoms with Crippen molar-refractivity contribution in [2.45, 2.75) is 70.1 Å². The number of hydrogen-bond acceptors (Lipinski definition) is 3. The Hall–Kier alpha value is -0.130. The van der Waals surface area contributed by atoms with Crippen LogP contribution in [-0.2, 0) is 10.0 Å². The van der Waals surface area contributed by atoms with Crippen molar-refractivity contribution >= 4 is 10.0 Å². The van der Waals surface area contributed by atoms with Gasteiger partial charge in [-0.2, -0.15) is 4.31 Å². The molecule has 19 heavy (non-hydrogen) atoms. The van der Waals surface area contributed by atoms with Gasteiger partial charge in [-0.3, -0.25) is 0 Å². The van der Waals surface area contributed by atoms with Gasteiger partial charge in [0.15, 0.2) is 0 Å². The Morgan fingerprint density at radius 1 is 1.26 bits per heavy atom. The fraction of sp³-hybridized carbons (Fsp3) is 1.00. The molecule has 0 amide bonds. The first-order valence-electron chi connectivity index (χ1n) is 7.29. The third-order valence-electron chi connectivity index (χ3n) is 4.80. The van der Waals surface area contributed by atoms with E-state index < -0.39 is 14.8 Å². The van der Waals surface area contributed by atoms with E-state index in [0.29, 0.717) is 6.54 Å². The van der Waals surface area contributed by atoms with Crippen LogP contribution < -0.4 is 5.73 Å². The Labute approximate surface area is 118 Å². The molecular weight excluding hydrogens is 260 g/mol. The molecule has 1 rings (SSSR count). The third-order valence-corrected chi connectivity index (χ3v) is 7.45. The van der Waals surface area contributed by atoms with Crippen molar-refractivity contribution in [1.82, 2.24) is 4.31 Å². The van der Waals surface area contributed by atoms with E-state index >= 15 is 0 Å². The molecule has 0 unspecified atom stereocenters. The lowest BCUT2D eigenvalue weighted by atomic mass is 9.75. The van der Waals surface area contributed by atoms with Gasteiger partial charge in [0.2, 0.25) is 10.0 Å². The van der Waals surface area contributed by atoms with E-state index in [1.165, 1.54) is 6.42 Å². The molecule has 114 valence electrons. The maximum atomic E-state index is 12.6. The van der Waals surface area contributed by atoms with Crippen molar-refractivity contribution < 1.29 is 8.42 Å². The van der Waals surface area contributed by atoms with Crippen LogP contribution in [-0.4, -0.2) is 36.6 Å². The minimum Gasteiger partial charge on any atom is -0.329 e. The number of nitrogens with zero attached hydrogens (tertiary/aromatic N) is 1. The normalized spacial score (nSPS) is 29.7. The van der Waals surface area contributed by atoms with Crippen molar-refractivity contribution in [2.75, 3.05) is 13.6 Å². The lowest BCUT2D eigenvalue weighted by Gasteiger charge is -2.46. The summed E-state index contributed by atoms with van der Waals surface area (Å²) in [5.41, 5.74) is 5.58. The van der Waals surface area contributed by atoms with Crippen molar-refractivity contribution in [2.24, 2.45) is 11.7 Å². The summed E-state index contributed by atoms with van der Waals surface area (Å²) in [6, 6.07) is 0. The molecular formula is C14H30N2O2S. The predicted molar refractivity (Wildman–Crippen MR) is 80.5 cm³/mol. The van der Waals surface area contributed by atoms with Gasteiger partial charge < -0.3 is 5.73 Å². The van der Waals surface area contributed by atoms with E-state index in [1.807, 2.05) is 0 Å². The molecule has 1 fully saturated rings. The summed E-state index contributed by atoms with van der Waals surface area (Å²) in [5.74, 6) is 0.727. The summed E-state index contributed by atoms with van der Waals surface area (Å²) < 4.78 is 26.1. The van der Waals surface area contributed by atoms with Gasteiger partial charge in [0.25, 0.3) is 0 Å². The molecule has 0 heterocycles. The Morgan fingerprint density at radius 2 is 1.74 bits per heavy atom. The van der Waals surface area contributed by atoms with Gasteiger partial charge in [-0.25, -0.2) is 8.42 Å². The van der Waals surface area contributed by atoms with Gasteiger partial charge >= 0.3 is 0 Å². The van der Waals surface area contributed by atoms with E-state index in [2.05, 4.69) is 6.92 Å². The first kappa shape index (κ1) is 16.9. The summed E-state index contributed by atoms with van der Waals surface area (Å²) in [4.78, 5) is 0. The monoisotopic (exact) mass is 290 g/mol. The lowest BCUT2D eigenvalue weighted by Crippen LogP contribution is -2.59. The molecule has 0 radical (unpaired) electrons. The number of nitrogens with two attached hydrogens (primary N) is 1. The highest BCUT2D eigenvalue weighted by Crippen LogP contribution is 2.39. The average molecular weight is 290 g/mol. The average Bonchev–Trinajstić information content (AvgIpc) is 2.36. The van der Waals surface area contributed by atoms with Crippen molar-refractivity contribution in [3.05, 3.63) is 0 Å². The highest BCUT2D eigenvalue weighted by molar-refractivity contribution is 7.90. The highest BCUT2D eigenvalue weighted by atomic mass is 32.2.